The number of nitrogens with one attached hydrogen (secondary N) is 1. The zero-order chi connectivity index (χ0) is 23.7. The van der Waals surface area contributed by atoms with E-state index in [4.69, 9.17) is 9.47 Å². The molecule has 2 atom stereocenters. The van der Waals surface area contributed by atoms with Gasteiger partial charge in [-0.25, -0.2) is 0 Å². The topological polar surface area (TPSA) is 93.1 Å². The molecule has 1 aromatic carbocycles. The minimum absolute atomic E-state index is 0.0164. The molecule has 1 unspecified atom stereocenters. The van der Waals surface area contributed by atoms with Gasteiger partial charge >= 0.3 is 0 Å². The molecule has 0 saturated carbocycles. The van der Waals surface area contributed by atoms with Crippen LogP contribution in [0, 0.1) is 5.92 Å². The van der Waals surface area contributed by atoms with Crippen molar-refractivity contribution in [3.8, 4) is 11.5 Å². The van der Waals surface area contributed by atoms with Crippen molar-refractivity contribution < 1.29 is 19.1 Å². The van der Waals surface area contributed by atoms with Gasteiger partial charge in [-0.3, -0.25) is 14.4 Å². The molecule has 9 heteroatoms. The predicted molar refractivity (Wildman–Crippen MR) is 125 cm³/mol. The maximum Gasteiger partial charge on any atom is 0.257 e. The predicted octanol–water partition coefficient (Wildman–Crippen LogP) is 1.67. The fraction of sp³-hybridized carbons (Fsp3) is 0.542. The van der Waals surface area contributed by atoms with Crippen molar-refractivity contribution in [1.29, 1.82) is 0 Å². The number of likely N-dealkylation sites (N-methyl/N-ethyl adjacent to an activating group) is 1. The van der Waals surface area contributed by atoms with Crippen LogP contribution in [0.5, 0.6) is 11.5 Å². The van der Waals surface area contributed by atoms with Crippen molar-refractivity contribution >= 4 is 22.7 Å². The number of amides is 2. The van der Waals surface area contributed by atoms with Crippen LogP contribution in [0.4, 0.5) is 0 Å². The Morgan fingerprint density at radius 2 is 1.76 bits per heavy atom. The van der Waals surface area contributed by atoms with Crippen molar-refractivity contribution in [2.45, 2.75) is 39.8 Å². The van der Waals surface area contributed by atoms with Crippen molar-refractivity contribution in [2.75, 3.05) is 40.0 Å². The maximum atomic E-state index is 13.3. The lowest BCUT2D eigenvalue weighted by Gasteiger charge is -2.36. The molecular formula is C24H32N4O5. The average Bonchev–Trinajstić information content (AvgIpc) is 3.29. The summed E-state index contributed by atoms with van der Waals surface area (Å²) in [6, 6.07) is 2.71. The lowest BCUT2D eigenvalue weighted by atomic mass is 9.97. The number of carbonyl (C=O) groups is 2. The van der Waals surface area contributed by atoms with E-state index >= 15 is 0 Å². The molecule has 33 heavy (non-hydrogen) atoms. The first-order valence-corrected chi connectivity index (χ1v) is 11.6. The molecule has 2 aliphatic rings. The Morgan fingerprint density at radius 1 is 1.09 bits per heavy atom. The summed E-state index contributed by atoms with van der Waals surface area (Å²) >= 11 is 0. The number of ether oxygens (including phenoxy) is 2. The Balaban J connectivity index is 1.66. The molecule has 1 fully saturated rings. The third-order valence-electron chi connectivity index (χ3n) is 6.74. The first kappa shape index (κ1) is 23.1. The first-order valence-electron chi connectivity index (χ1n) is 11.6. The summed E-state index contributed by atoms with van der Waals surface area (Å²) in [5.74, 6) is 0.377. The van der Waals surface area contributed by atoms with E-state index in [0.29, 0.717) is 42.0 Å². The molecular weight excluding hydrogens is 424 g/mol. The van der Waals surface area contributed by atoms with E-state index in [1.54, 1.807) is 18.3 Å². The van der Waals surface area contributed by atoms with Crippen molar-refractivity contribution in [3.05, 3.63) is 34.1 Å². The highest BCUT2D eigenvalue weighted by molar-refractivity contribution is 6.00. The van der Waals surface area contributed by atoms with Crippen LogP contribution in [0.2, 0.25) is 0 Å². The lowest BCUT2D eigenvalue weighted by Crippen LogP contribution is -2.56. The molecule has 0 aliphatic carbocycles. The summed E-state index contributed by atoms with van der Waals surface area (Å²) in [4.78, 5) is 43.9. The molecule has 0 radical (unpaired) electrons. The van der Waals surface area contributed by atoms with E-state index in [9.17, 15) is 14.4 Å². The number of carbonyl (C=O) groups excluding carboxylic acids is 2. The third-order valence-corrected chi connectivity index (χ3v) is 6.74. The molecule has 1 aromatic heterocycles. The first-order chi connectivity index (χ1) is 15.8. The average molecular weight is 457 g/mol. The van der Waals surface area contributed by atoms with Gasteiger partial charge in [-0.2, -0.15) is 0 Å². The molecule has 9 nitrogen and oxygen atoms in total. The van der Waals surface area contributed by atoms with Gasteiger partial charge < -0.3 is 29.2 Å². The number of benzene rings is 1. The van der Waals surface area contributed by atoms with Crippen molar-refractivity contribution in [2.24, 2.45) is 5.92 Å². The third kappa shape index (κ3) is 4.42. The Labute approximate surface area is 193 Å². The summed E-state index contributed by atoms with van der Waals surface area (Å²) in [6.07, 6.45) is 2.29. The molecule has 2 amide bonds. The van der Waals surface area contributed by atoms with E-state index in [-0.39, 0.29) is 29.6 Å². The van der Waals surface area contributed by atoms with Crippen LogP contribution in [-0.2, 0) is 11.3 Å². The lowest BCUT2D eigenvalue weighted by molar-refractivity contribution is -0.136. The number of hydrogen-bond acceptors (Lipinski definition) is 6. The Bertz CT molecular complexity index is 1120. The highest BCUT2D eigenvalue weighted by Gasteiger charge is 2.32. The molecule has 3 heterocycles. The summed E-state index contributed by atoms with van der Waals surface area (Å²) in [5.41, 5.74) is 0.304. The van der Waals surface area contributed by atoms with Crippen LogP contribution < -0.4 is 20.2 Å². The van der Waals surface area contributed by atoms with E-state index in [0.717, 1.165) is 19.5 Å². The smallest absolute Gasteiger partial charge is 0.257 e. The second-order valence-corrected chi connectivity index (χ2v) is 8.85. The van der Waals surface area contributed by atoms with Crippen molar-refractivity contribution in [3.63, 3.8) is 0 Å². The van der Waals surface area contributed by atoms with Crippen LogP contribution in [0.1, 0.15) is 37.6 Å². The minimum atomic E-state index is -0.687. The standard InChI is InChI=1S/C24H32N4O5/c1-5-15(3)21(24(31)28-9-7-26(4)8-10-28)25-23(30)17-13-27(6-2)18-12-20-19(32-14-33-20)11-16(18)22(17)29/h11-13,15,21H,5-10,14H2,1-4H3,(H,25,30)/t15?,21-/m0/s1. The number of pyridine rings is 1. The Hall–Kier alpha value is -3.07. The molecule has 2 aromatic rings. The Morgan fingerprint density at radius 3 is 2.39 bits per heavy atom. The normalized spacial score (nSPS) is 17.8. The van der Waals surface area contributed by atoms with Crippen LogP contribution in [0.25, 0.3) is 10.9 Å². The fourth-order valence-corrected chi connectivity index (χ4v) is 4.33. The van der Waals surface area contributed by atoms with Crippen LogP contribution in [0.3, 0.4) is 0 Å². The van der Waals surface area contributed by atoms with E-state index in [2.05, 4.69) is 10.2 Å². The SMILES string of the molecule is CCC(C)[C@H](NC(=O)c1cn(CC)c2cc3c(cc2c1=O)OCO3)C(=O)N1CCN(C)CC1. The molecule has 1 N–H and O–H groups in total. The number of hydrogen-bond donors (Lipinski definition) is 1. The van der Waals surface area contributed by atoms with Gasteiger partial charge in [0.25, 0.3) is 5.91 Å². The van der Waals surface area contributed by atoms with Gasteiger partial charge in [0.15, 0.2) is 11.5 Å². The second-order valence-electron chi connectivity index (χ2n) is 8.85. The fourth-order valence-electron chi connectivity index (χ4n) is 4.33. The van der Waals surface area contributed by atoms with Crippen LogP contribution in [0.15, 0.2) is 23.1 Å². The number of aryl methyl sites for hydroxylation is 1. The number of fused-ring (bicyclic) bond motifs is 2. The summed E-state index contributed by atoms with van der Waals surface area (Å²) in [6.45, 7) is 9.40. The zero-order valence-electron chi connectivity index (χ0n) is 19.7. The van der Waals surface area contributed by atoms with Crippen LogP contribution in [-0.4, -0.2) is 72.2 Å². The van der Waals surface area contributed by atoms with Gasteiger partial charge in [0.2, 0.25) is 18.1 Å². The van der Waals surface area contributed by atoms with Gasteiger partial charge in [-0.1, -0.05) is 20.3 Å². The monoisotopic (exact) mass is 456 g/mol. The maximum absolute atomic E-state index is 13.3. The molecule has 2 aliphatic heterocycles. The molecule has 0 spiro atoms. The number of nitrogens with zero attached hydrogens (tertiary/aromatic N) is 3. The van der Waals surface area contributed by atoms with E-state index in [1.807, 2.05) is 37.3 Å². The van der Waals surface area contributed by atoms with Gasteiger partial charge in [-0.15, -0.1) is 0 Å². The van der Waals surface area contributed by atoms with E-state index < -0.39 is 11.9 Å². The molecule has 1 saturated heterocycles. The largest absolute Gasteiger partial charge is 0.454 e. The van der Waals surface area contributed by atoms with E-state index in [1.165, 1.54) is 0 Å². The molecule has 4 rings (SSSR count). The van der Waals surface area contributed by atoms with Crippen LogP contribution >= 0.6 is 0 Å². The quantitative estimate of drug-likeness (QED) is 0.711. The van der Waals surface area contributed by atoms with Crippen molar-refractivity contribution in [1.82, 2.24) is 19.7 Å². The summed E-state index contributed by atoms with van der Waals surface area (Å²) < 4.78 is 12.7. The van der Waals surface area contributed by atoms with Gasteiger partial charge in [0, 0.05) is 45.0 Å². The summed E-state index contributed by atoms with van der Waals surface area (Å²) in [5, 5.41) is 3.28. The highest BCUT2D eigenvalue weighted by atomic mass is 16.7. The Kier molecular flexibility index (Phi) is 6.60. The summed E-state index contributed by atoms with van der Waals surface area (Å²) in [7, 11) is 2.03. The van der Waals surface area contributed by atoms with Gasteiger partial charge in [0.05, 0.1) is 10.9 Å². The molecule has 178 valence electrons. The van der Waals surface area contributed by atoms with Gasteiger partial charge in [-0.05, 0) is 26.0 Å². The number of rotatable bonds is 6. The minimum Gasteiger partial charge on any atom is -0.454 e. The second kappa shape index (κ2) is 9.43. The highest BCUT2D eigenvalue weighted by Crippen LogP contribution is 2.35. The number of aromatic nitrogens is 1. The molecule has 0 bridgehead atoms. The number of piperazine rings is 1. The zero-order valence-corrected chi connectivity index (χ0v) is 19.7. The van der Waals surface area contributed by atoms with Gasteiger partial charge in [0.1, 0.15) is 11.6 Å².